The molecule has 1 aromatic carbocycles. The second kappa shape index (κ2) is 6.61. The van der Waals surface area contributed by atoms with Crippen LogP contribution in [0.2, 0.25) is 0 Å². The van der Waals surface area contributed by atoms with E-state index in [2.05, 4.69) is 45.1 Å². The molecule has 0 aliphatic carbocycles. The Morgan fingerprint density at radius 1 is 1.21 bits per heavy atom. The monoisotopic (exact) mass is 321 g/mol. The van der Waals surface area contributed by atoms with Crippen LogP contribution in [-0.4, -0.2) is 37.7 Å². The van der Waals surface area contributed by atoms with Gasteiger partial charge in [-0.1, -0.05) is 6.07 Å². The zero-order valence-electron chi connectivity index (χ0n) is 14.0. The van der Waals surface area contributed by atoms with Gasteiger partial charge in [0.25, 0.3) is 0 Å². The SMILES string of the molecule is Cc1cc(-n2cccn2)ccc1CN1CCC(c2ncc[nH]2)CC1. The number of aromatic amines is 1. The van der Waals surface area contributed by atoms with Crippen LogP contribution in [0.5, 0.6) is 0 Å². The maximum absolute atomic E-state index is 4.41. The van der Waals surface area contributed by atoms with E-state index in [4.69, 9.17) is 0 Å². The largest absolute Gasteiger partial charge is 0.348 e. The molecule has 0 radical (unpaired) electrons. The standard InChI is InChI=1S/C19H23N5/c1-15-13-18(24-10-2-7-22-24)4-3-17(15)14-23-11-5-16(6-12-23)19-20-8-9-21-19/h2-4,7-10,13,16H,5-6,11-12,14H2,1H3,(H,20,21). The summed E-state index contributed by atoms with van der Waals surface area (Å²) in [5.41, 5.74) is 3.86. The molecule has 3 heterocycles. The molecule has 4 rings (SSSR count). The number of aromatic nitrogens is 4. The number of likely N-dealkylation sites (tertiary alicyclic amines) is 1. The lowest BCUT2D eigenvalue weighted by molar-refractivity contribution is 0.201. The number of nitrogens with one attached hydrogen (secondary N) is 1. The van der Waals surface area contributed by atoms with Gasteiger partial charge in [-0.3, -0.25) is 4.90 Å². The summed E-state index contributed by atoms with van der Waals surface area (Å²) in [7, 11) is 0. The summed E-state index contributed by atoms with van der Waals surface area (Å²) in [6.07, 6.45) is 9.93. The summed E-state index contributed by atoms with van der Waals surface area (Å²) < 4.78 is 1.91. The van der Waals surface area contributed by atoms with Gasteiger partial charge in [0.2, 0.25) is 0 Å². The van der Waals surface area contributed by atoms with E-state index in [-0.39, 0.29) is 0 Å². The number of H-pyrrole nitrogens is 1. The molecule has 24 heavy (non-hydrogen) atoms. The van der Waals surface area contributed by atoms with E-state index in [9.17, 15) is 0 Å². The van der Waals surface area contributed by atoms with Crippen LogP contribution in [0.4, 0.5) is 0 Å². The molecule has 3 aromatic rings. The number of piperidine rings is 1. The van der Waals surface area contributed by atoms with Gasteiger partial charge in [-0.15, -0.1) is 0 Å². The molecule has 0 unspecified atom stereocenters. The molecule has 5 nitrogen and oxygen atoms in total. The van der Waals surface area contributed by atoms with E-state index < -0.39 is 0 Å². The Hall–Kier alpha value is -2.40. The second-order valence-electron chi connectivity index (χ2n) is 6.59. The van der Waals surface area contributed by atoms with Crippen LogP contribution in [0.3, 0.4) is 0 Å². The Labute approximate surface area is 142 Å². The molecule has 124 valence electrons. The van der Waals surface area contributed by atoms with Crippen LogP contribution in [-0.2, 0) is 6.54 Å². The van der Waals surface area contributed by atoms with E-state index in [1.54, 1.807) is 0 Å². The highest BCUT2D eigenvalue weighted by Gasteiger charge is 2.22. The Morgan fingerprint density at radius 3 is 2.75 bits per heavy atom. The molecule has 0 atom stereocenters. The smallest absolute Gasteiger partial charge is 0.109 e. The van der Waals surface area contributed by atoms with Crippen molar-refractivity contribution in [3.05, 3.63) is 66.0 Å². The normalized spacial score (nSPS) is 16.5. The van der Waals surface area contributed by atoms with Crippen LogP contribution in [0.1, 0.15) is 35.7 Å². The summed E-state index contributed by atoms with van der Waals surface area (Å²) in [5, 5.41) is 4.30. The Bertz CT molecular complexity index is 768. The summed E-state index contributed by atoms with van der Waals surface area (Å²) in [4.78, 5) is 10.2. The lowest BCUT2D eigenvalue weighted by Crippen LogP contribution is -2.33. The molecular weight excluding hydrogens is 298 g/mol. The van der Waals surface area contributed by atoms with Gasteiger partial charge in [0.05, 0.1) is 5.69 Å². The molecule has 5 heteroatoms. The van der Waals surface area contributed by atoms with Gasteiger partial charge in [0.15, 0.2) is 0 Å². The third-order valence-corrected chi connectivity index (χ3v) is 4.98. The van der Waals surface area contributed by atoms with Crippen molar-refractivity contribution in [3.8, 4) is 5.69 Å². The van der Waals surface area contributed by atoms with Crippen LogP contribution >= 0.6 is 0 Å². The van der Waals surface area contributed by atoms with Crippen molar-refractivity contribution in [2.24, 2.45) is 0 Å². The number of benzene rings is 1. The zero-order chi connectivity index (χ0) is 16.4. The molecule has 1 fully saturated rings. The molecule has 2 aromatic heterocycles. The Kier molecular flexibility index (Phi) is 4.17. The van der Waals surface area contributed by atoms with E-state index in [1.807, 2.05) is 35.5 Å². The van der Waals surface area contributed by atoms with Gasteiger partial charge in [0.1, 0.15) is 5.82 Å². The molecule has 0 spiro atoms. The highest BCUT2D eigenvalue weighted by atomic mass is 15.3. The van der Waals surface area contributed by atoms with Gasteiger partial charge in [-0.2, -0.15) is 5.10 Å². The Morgan fingerprint density at radius 2 is 2.08 bits per heavy atom. The van der Waals surface area contributed by atoms with Crippen molar-refractivity contribution in [3.63, 3.8) is 0 Å². The van der Waals surface area contributed by atoms with Crippen molar-refractivity contribution in [1.82, 2.24) is 24.6 Å². The molecule has 0 saturated carbocycles. The fourth-order valence-corrected chi connectivity index (χ4v) is 3.53. The number of hydrogen-bond acceptors (Lipinski definition) is 3. The summed E-state index contributed by atoms with van der Waals surface area (Å²) in [6.45, 7) is 5.48. The number of aryl methyl sites for hydroxylation is 1. The lowest BCUT2D eigenvalue weighted by atomic mass is 9.95. The van der Waals surface area contributed by atoms with E-state index >= 15 is 0 Å². The second-order valence-corrected chi connectivity index (χ2v) is 6.59. The number of rotatable bonds is 4. The average Bonchev–Trinajstić information content (AvgIpc) is 3.31. The highest BCUT2D eigenvalue weighted by Crippen LogP contribution is 2.26. The molecular formula is C19H23N5. The maximum atomic E-state index is 4.41. The predicted octanol–water partition coefficient (Wildman–Crippen LogP) is 3.28. The average molecular weight is 321 g/mol. The van der Waals surface area contributed by atoms with Gasteiger partial charge < -0.3 is 4.98 Å². The van der Waals surface area contributed by atoms with E-state index in [1.165, 1.54) is 24.0 Å². The van der Waals surface area contributed by atoms with Gasteiger partial charge in [-0.05, 0) is 62.2 Å². The van der Waals surface area contributed by atoms with Crippen molar-refractivity contribution in [2.75, 3.05) is 13.1 Å². The molecule has 0 amide bonds. The van der Waals surface area contributed by atoms with Crippen molar-refractivity contribution < 1.29 is 0 Å². The first kappa shape index (κ1) is 15.1. The number of hydrogen-bond donors (Lipinski definition) is 1. The molecule has 1 N–H and O–H groups in total. The fraction of sp³-hybridized carbons (Fsp3) is 0.368. The molecule has 1 aliphatic heterocycles. The lowest BCUT2D eigenvalue weighted by Gasteiger charge is -2.31. The third-order valence-electron chi connectivity index (χ3n) is 4.98. The summed E-state index contributed by atoms with van der Waals surface area (Å²) >= 11 is 0. The topological polar surface area (TPSA) is 49.7 Å². The van der Waals surface area contributed by atoms with Crippen molar-refractivity contribution in [2.45, 2.75) is 32.2 Å². The van der Waals surface area contributed by atoms with Gasteiger partial charge in [-0.25, -0.2) is 9.67 Å². The molecule has 1 saturated heterocycles. The highest BCUT2D eigenvalue weighted by molar-refractivity contribution is 5.39. The van der Waals surface area contributed by atoms with Crippen LogP contribution in [0, 0.1) is 6.92 Å². The summed E-state index contributed by atoms with van der Waals surface area (Å²) in [5.74, 6) is 1.73. The summed E-state index contributed by atoms with van der Waals surface area (Å²) in [6, 6.07) is 8.57. The first-order valence-electron chi connectivity index (χ1n) is 8.61. The Balaban J connectivity index is 1.39. The zero-order valence-corrected chi connectivity index (χ0v) is 14.0. The number of imidazole rings is 1. The number of nitrogens with zero attached hydrogens (tertiary/aromatic N) is 4. The third kappa shape index (κ3) is 3.12. The van der Waals surface area contributed by atoms with Gasteiger partial charge in [0, 0.05) is 37.3 Å². The minimum absolute atomic E-state index is 0.583. The van der Waals surface area contributed by atoms with Crippen molar-refractivity contribution in [1.29, 1.82) is 0 Å². The first-order chi connectivity index (χ1) is 11.8. The van der Waals surface area contributed by atoms with Crippen molar-refractivity contribution >= 4 is 0 Å². The first-order valence-corrected chi connectivity index (χ1v) is 8.61. The van der Waals surface area contributed by atoms with Gasteiger partial charge >= 0.3 is 0 Å². The van der Waals surface area contributed by atoms with Crippen LogP contribution in [0.15, 0.2) is 49.1 Å². The van der Waals surface area contributed by atoms with E-state index in [0.717, 1.165) is 31.1 Å². The van der Waals surface area contributed by atoms with Crippen LogP contribution in [0.25, 0.3) is 5.69 Å². The molecule has 1 aliphatic rings. The fourth-order valence-electron chi connectivity index (χ4n) is 3.53. The minimum atomic E-state index is 0.583. The van der Waals surface area contributed by atoms with E-state index in [0.29, 0.717) is 5.92 Å². The van der Waals surface area contributed by atoms with Crippen LogP contribution < -0.4 is 0 Å². The minimum Gasteiger partial charge on any atom is -0.348 e. The molecule has 0 bridgehead atoms. The predicted molar refractivity (Wildman–Crippen MR) is 94.1 cm³/mol. The quantitative estimate of drug-likeness (QED) is 0.802. The maximum Gasteiger partial charge on any atom is 0.109 e.